The van der Waals surface area contributed by atoms with Crippen LogP contribution in [0.2, 0.25) is 17.7 Å². The Kier molecular flexibility index (Phi) is 23.7. The molecule has 4 heteroatoms. The van der Waals surface area contributed by atoms with Crippen LogP contribution in [0.1, 0.15) is 79.1 Å². The zero-order valence-corrected chi connectivity index (χ0v) is 20.0. The summed E-state index contributed by atoms with van der Waals surface area (Å²) in [5, 5.41) is 0. The molecule has 0 aromatic rings. The van der Waals surface area contributed by atoms with E-state index in [-0.39, 0.29) is 0 Å². The van der Waals surface area contributed by atoms with Gasteiger partial charge in [0.05, 0.1) is 0 Å². The van der Waals surface area contributed by atoms with Gasteiger partial charge in [-0.1, -0.05) is 0 Å². The number of rotatable bonds is 12. The fraction of sp³-hybridized carbons (Fsp3) is 1.00. The van der Waals surface area contributed by atoms with Crippen LogP contribution in [0.3, 0.4) is 0 Å². The van der Waals surface area contributed by atoms with Crippen molar-refractivity contribution in [1.29, 1.82) is 0 Å². The molecule has 0 spiro atoms. The van der Waals surface area contributed by atoms with Crippen LogP contribution in [-0.4, -0.2) is 39.5 Å². The van der Waals surface area contributed by atoms with Crippen LogP contribution >= 0.6 is 0 Å². The molecule has 0 aliphatic carbocycles. The van der Waals surface area contributed by atoms with Crippen molar-refractivity contribution >= 4 is 39.5 Å². The average molecular weight is 498 g/mol. The topological polar surface area (TPSA) is 34.1 Å². The van der Waals surface area contributed by atoms with Crippen LogP contribution in [-0.2, 0) is 6.15 Å². The van der Waals surface area contributed by atoms with Crippen LogP contribution in [0.5, 0.6) is 0 Å². The number of hydrogen-bond donors (Lipinski definition) is 0. The van der Waals surface area contributed by atoms with Gasteiger partial charge in [-0.2, -0.15) is 0 Å². The van der Waals surface area contributed by atoms with Crippen molar-refractivity contribution in [3.8, 4) is 0 Å². The first-order valence-corrected chi connectivity index (χ1v) is 19.1. The van der Waals surface area contributed by atoms with Gasteiger partial charge in [-0.3, -0.25) is 0 Å². The van der Waals surface area contributed by atoms with Gasteiger partial charge in [-0.25, -0.2) is 0 Å². The molecule has 0 saturated heterocycles. The van der Waals surface area contributed by atoms with Crippen LogP contribution in [0.15, 0.2) is 0 Å². The van der Waals surface area contributed by atoms with E-state index in [0.29, 0.717) is 0 Å². The Morgan fingerprint density at radius 2 is 0.700 bits per heavy atom. The standard InChI is InChI=1S/4C4H9.2O.2Sn/c4*1-3-4-2;;;;/h4*1,3-4H2,2H3;;;;. The molecule has 0 fully saturated rings. The molecule has 0 N–H and O–H groups in total. The fourth-order valence-corrected chi connectivity index (χ4v) is 11.7. The predicted octanol–water partition coefficient (Wildman–Crippen LogP) is 6.02. The van der Waals surface area contributed by atoms with Crippen molar-refractivity contribution in [1.82, 2.24) is 0 Å². The zero-order valence-electron chi connectivity index (χ0n) is 14.3. The third-order valence-electron chi connectivity index (χ3n) is 3.24. The van der Waals surface area contributed by atoms with Gasteiger partial charge in [-0.15, -0.1) is 0 Å². The first-order valence-electron chi connectivity index (χ1n) is 8.65. The molecule has 0 aliphatic rings. The van der Waals surface area contributed by atoms with Gasteiger partial charge in [0.1, 0.15) is 0 Å². The van der Waals surface area contributed by atoms with Crippen molar-refractivity contribution in [2.45, 2.75) is 96.8 Å². The van der Waals surface area contributed by atoms with E-state index >= 15 is 0 Å². The van der Waals surface area contributed by atoms with Crippen molar-refractivity contribution in [3.63, 3.8) is 0 Å². The fourth-order valence-electron chi connectivity index (χ4n) is 1.75. The first kappa shape index (κ1) is 23.5. The van der Waals surface area contributed by atoms with Crippen molar-refractivity contribution in [2.24, 2.45) is 0 Å². The summed E-state index contributed by atoms with van der Waals surface area (Å²) in [5.41, 5.74) is 0. The third kappa shape index (κ3) is 21.5. The molecule has 0 bridgehead atoms. The summed E-state index contributed by atoms with van der Waals surface area (Å²) < 4.78 is 26.8. The van der Waals surface area contributed by atoms with E-state index < -0.39 is 39.5 Å². The molecule has 0 aromatic carbocycles. The van der Waals surface area contributed by atoms with E-state index in [9.17, 15) is 6.15 Å². The average Bonchev–Trinajstić information content (AvgIpc) is 2.47. The molecule has 0 unspecified atom stereocenters. The van der Waals surface area contributed by atoms with Crippen LogP contribution in [0.4, 0.5) is 0 Å². The Labute approximate surface area is 141 Å². The molecule has 0 rings (SSSR count). The second-order valence-electron chi connectivity index (χ2n) is 5.49. The van der Waals surface area contributed by atoms with Crippen molar-refractivity contribution in [3.05, 3.63) is 0 Å². The maximum atomic E-state index is 11.2. The Morgan fingerprint density at radius 1 is 0.500 bits per heavy atom. The zero-order chi connectivity index (χ0) is 15.6. The van der Waals surface area contributed by atoms with E-state index in [1.54, 1.807) is 0 Å². The van der Waals surface area contributed by atoms with Crippen molar-refractivity contribution < 1.29 is 6.15 Å². The predicted molar refractivity (Wildman–Crippen MR) is 91.7 cm³/mol. The maximum absolute atomic E-state index is 11.2. The molecular formula is C16H36O2Sn2. The van der Waals surface area contributed by atoms with E-state index in [1.807, 2.05) is 0 Å². The Bertz CT molecular complexity index is 187. The quantitative estimate of drug-likeness (QED) is 0.309. The number of unbranched alkanes of at least 4 members (excludes halogenated alkanes) is 4. The van der Waals surface area contributed by atoms with Gasteiger partial charge in [0.2, 0.25) is 0 Å². The first-order chi connectivity index (χ1) is 9.62. The monoisotopic (exact) mass is 500 g/mol. The second-order valence-corrected chi connectivity index (χ2v) is 17.3. The van der Waals surface area contributed by atoms with Gasteiger partial charge in [-0.05, 0) is 0 Å². The Balaban J connectivity index is 0. The van der Waals surface area contributed by atoms with Gasteiger partial charge >= 0.3 is 142 Å². The molecule has 120 valence electrons. The minimum absolute atomic E-state index is 1.08. The van der Waals surface area contributed by atoms with E-state index in [0.717, 1.165) is 17.7 Å². The summed E-state index contributed by atoms with van der Waals surface area (Å²) in [6.07, 6.45) is 9.61. The SMILES string of the molecule is CCC[CH2][Sn](=[O])[CH2]CCC.CCC[CH2][Sn](=[O])[CH2]CCC. The second kappa shape index (κ2) is 20.2. The summed E-state index contributed by atoms with van der Waals surface area (Å²) >= 11 is -3.98. The Hall–Kier alpha value is 1.20. The van der Waals surface area contributed by atoms with Gasteiger partial charge in [0.15, 0.2) is 0 Å². The van der Waals surface area contributed by atoms with Gasteiger partial charge in [0.25, 0.3) is 0 Å². The molecular weight excluding hydrogens is 462 g/mol. The van der Waals surface area contributed by atoms with Crippen LogP contribution in [0.25, 0.3) is 0 Å². The Morgan fingerprint density at radius 3 is 0.850 bits per heavy atom. The molecule has 0 radical (unpaired) electrons. The molecule has 0 aliphatic heterocycles. The molecule has 0 heterocycles. The summed E-state index contributed by atoms with van der Waals surface area (Å²) in [4.78, 5) is 0. The molecule has 20 heavy (non-hydrogen) atoms. The normalized spacial score (nSPS) is 9.80. The van der Waals surface area contributed by atoms with Crippen LogP contribution < -0.4 is 0 Å². The van der Waals surface area contributed by atoms with Crippen molar-refractivity contribution in [2.75, 3.05) is 0 Å². The van der Waals surface area contributed by atoms with E-state index in [4.69, 9.17) is 0 Å². The third-order valence-corrected chi connectivity index (χ3v) is 13.6. The van der Waals surface area contributed by atoms with Crippen LogP contribution in [0, 0.1) is 0 Å². The van der Waals surface area contributed by atoms with Gasteiger partial charge < -0.3 is 0 Å². The molecule has 0 atom stereocenters. The number of hydrogen-bond acceptors (Lipinski definition) is 2. The summed E-state index contributed by atoms with van der Waals surface area (Å²) in [5.74, 6) is 0. The minimum atomic E-state index is -1.99. The van der Waals surface area contributed by atoms with E-state index in [2.05, 4.69) is 27.7 Å². The molecule has 0 amide bonds. The van der Waals surface area contributed by atoms with E-state index in [1.165, 1.54) is 51.4 Å². The summed E-state index contributed by atoms with van der Waals surface area (Å²) in [6, 6.07) is 0. The molecule has 2 nitrogen and oxygen atoms in total. The molecule has 0 aromatic heterocycles. The summed E-state index contributed by atoms with van der Waals surface area (Å²) in [7, 11) is 0. The van der Waals surface area contributed by atoms with Gasteiger partial charge in [0, 0.05) is 0 Å². The molecule has 0 saturated carbocycles. The summed E-state index contributed by atoms with van der Waals surface area (Å²) in [6.45, 7) is 8.65.